The molecule has 0 bridgehead atoms. The van der Waals surface area contributed by atoms with E-state index in [1.807, 2.05) is 0 Å². The van der Waals surface area contributed by atoms with E-state index < -0.39 is 5.60 Å². The van der Waals surface area contributed by atoms with Gasteiger partial charge in [0.25, 0.3) is 5.91 Å². The first-order valence-electron chi connectivity index (χ1n) is 6.04. The van der Waals surface area contributed by atoms with Crippen molar-refractivity contribution >= 4 is 11.4 Å². The molecule has 1 fully saturated rings. The number of hydrogen-bond donors (Lipinski definition) is 2. The molecule has 1 amide bonds. The first kappa shape index (κ1) is 12.1. The normalized spacial score (nSPS) is 22.8. The highest BCUT2D eigenvalue weighted by atomic mass is 16.5. The van der Waals surface area contributed by atoms with E-state index in [9.17, 15) is 9.90 Å². The summed E-state index contributed by atoms with van der Waals surface area (Å²) in [5.74, 6) is -0.275. The molecule has 7 nitrogen and oxygen atoms in total. The minimum Gasteiger partial charge on any atom is -0.386 e. The van der Waals surface area contributed by atoms with Crippen molar-refractivity contribution in [2.45, 2.75) is 12.0 Å². The second-order valence-electron chi connectivity index (χ2n) is 4.67. The average molecular weight is 262 g/mol. The van der Waals surface area contributed by atoms with E-state index >= 15 is 0 Å². The number of hydrogen-bond acceptors (Lipinski definition) is 5. The van der Waals surface area contributed by atoms with Gasteiger partial charge in [0.2, 0.25) is 0 Å². The lowest BCUT2D eigenvalue weighted by Crippen LogP contribution is -2.43. The number of ether oxygens (including phenoxy) is 1. The zero-order chi connectivity index (χ0) is 13.3. The lowest BCUT2D eigenvalue weighted by atomic mass is 10.0. The predicted molar refractivity (Wildman–Crippen MR) is 65.7 cm³/mol. The number of nitrogens with zero attached hydrogens (tertiary/aromatic N) is 3. The summed E-state index contributed by atoms with van der Waals surface area (Å²) in [7, 11) is 0. The molecule has 100 valence electrons. The standard InChI is InChI=1S/C12H14N4O3/c17-11(14-7-12(18)1-4-19-8-12)9-5-15-16-3-2-13-6-10(9)16/h2-3,5-6,18H,1,4,7-8H2,(H,14,17). The van der Waals surface area contributed by atoms with E-state index in [0.29, 0.717) is 24.1 Å². The Morgan fingerprint density at radius 1 is 1.58 bits per heavy atom. The van der Waals surface area contributed by atoms with Crippen LogP contribution in [-0.2, 0) is 4.74 Å². The van der Waals surface area contributed by atoms with Crippen molar-refractivity contribution in [3.8, 4) is 0 Å². The van der Waals surface area contributed by atoms with Gasteiger partial charge in [0, 0.05) is 32.0 Å². The van der Waals surface area contributed by atoms with Gasteiger partial charge in [0.05, 0.1) is 30.1 Å². The summed E-state index contributed by atoms with van der Waals surface area (Å²) in [5, 5.41) is 16.9. The maximum absolute atomic E-state index is 12.1. The molecule has 0 saturated carbocycles. The summed E-state index contributed by atoms with van der Waals surface area (Å²) in [6.45, 7) is 0.944. The molecule has 19 heavy (non-hydrogen) atoms. The van der Waals surface area contributed by atoms with Crippen molar-refractivity contribution in [3.05, 3.63) is 30.4 Å². The Hall–Kier alpha value is -1.99. The van der Waals surface area contributed by atoms with Gasteiger partial charge in [-0.3, -0.25) is 9.78 Å². The van der Waals surface area contributed by atoms with E-state index in [4.69, 9.17) is 4.74 Å². The van der Waals surface area contributed by atoms with Crippen molar-refractivity contribution in [2.75, 3.05) is 19.8 Å². The third-order valence-corrected chi connectivity index (χ3v) is 3.23. The Morgan fingerprint density at radius 2 is 2.47 bits per heavy atom. The fraction of sp³-hybridized carbons (Fsp3) is 0.417. The van der Waals surface area contributed by atoms with Crippen LogP contribution in [-0.4, -0.2) is 51.0 Å². The van der Waals surface area contributed by atoms with Crippen LogP contribution < -0.4 is 5.32 Å². The quantitative estimate of drug-likeness (QED) is 0.786. The van der Waals surface area contributed by atoms with Gasteiger partial charge in [-0.2, -0.15) is 5.10 Å². The summed E-state index contributed by atoms with van der Waals surface area (Å²) in [4.78, 5) is 16.0. The molecular formula is C12H14N4O3. The molecule has 0 aromatic carbocycles. The zero-order valence-corrected chi connectivity index (χ0v) is 10.2. The molecule has 1 atom stereocenters. The van der Waals surface area contributed by atoms with Crippen LogP contribution in [0.5, 0.6) is 0 Å². The molecular weight excluding hydrogens is 248 g/mol. The molecule has 1 aliphatic rings. The molecule has 2 aromatic heterocycles. The predicted octanol–water partition coefficient (Wildman–Crippen LogP) is -0.389. The maximum Gasteiger partial charge on any atom is 0.255 e. The van der Waals surface area contributed by atoms with Gasteiger partial charge in [-0.05, 0) is 0 Å². The van der Waals surface area contributed by atoms with Crippen LogP contribution >= 0.6 is 0 Å². The number of amides is 1. The molecule has 1 aliphatic heterocycles. The largest absolute Gasteiger partial charge is 0.386 e. The first-order chi connectivity index (χ1) is 9.18. The molecule has 0 spiro atoms. The van der Waals surface area contributed by atoms with Gasteiger partial charge < -0.3 is 15.2 Å². The Bertz CT molecular complexity index is 604. The summed E-state index contributed by atoms with van der Waals surface area (Å²) >= 11 is 0. The smallest absolute Gasteiger partial charge is 0.255 e. The molecule has 7 heteroatoms. The van der Waals surface area contributed by atoms with Crippen molar-refractivity contribution in [1.82, 2.24) is 19.9 Å². The number of nitrogens with one attached hydrogen (secondary N) is 1. The monoisotopic (exact) mass is 262 g/mol. The second-order valence-corrected chi connectivity index (χ2v) is 4.67. The molecule has 2 aromatic rings. The average Bonchev–Trinajstić information content (AvgIpc) is 3.03. The van der Waals surface area contributed by atoms with Gasteiger partial charge in [0.1, 0.15) is 5.60 Å². The van der Waals surface area contributed by atoms with Crippen molar-refractivity contribution in [1.29, 1.82) is 0 Å². The lowest BCUT2D eigenvalue weighted by molar-refractivity contribution is 0.0265. The van der Waals surface area contributed by atoms with E-state index in [1.165, 1.54) is 6.20 Å². The van der Waals surface area contributed by atoms with Crippen LogP contribution in [0.25, 0.3) is 5.52 Å². The van der Waals surface area contributed by atoms with Gasteiger partial charge in [-0.25, -0.2) is 4.52 Å². The van der Waals surface area contributed by atoms with Gasteiger partial charge in [0.15, 0.2) is 0 Å². The molecule has 3 heterocycles. The SMILES string of the molecule is O=C(NCC1(O)CCOC1)c1cnn2ccncc12. The minimum absolute atomic E-state index is 0.170. The van der Waals surface area contributed by atoms with Crippen molar-refractivity contribution < 1.29 is 14.6 Å². The number of aliphatic hydroxyl groups is 1. The third-order valence-electron chi connectivity index (χ3n) is 3.23. The lowest BCUT2D eigenvalue weighted by Gasteiger charge is -2.20. The maximum atomic E-state index is 12.1. The fourth-order valence-electron chi connectivity index (χ4n) is 2.09. The highest BCUT2D eigenvalue weighted by Gasteiger charge is 2.32. The first-order valence-corrected chi connectivity index (χ1v) is 6.04. The van der Waals surface area contributed by atoms with Crippen LogP contribution in [0.3, 0.4) is 0 Å². The van der Waals surface area contributed by atoms with E-state index in [2.05, 4.69) is 15.4 Å². The van der Waals surface area contributed by atoms with Crippen LogP contribution in [0.4, 0.5) is 0 Å². The highest BCUT2D eigenvalue weighted by molar-refractivity contribution is 6.00. The number of aromatic nitrogens is 3. The van der Waals surface area contributed by atoms with Crippen LogP contribution in [0, 0.1) is 0 Å². The molecule has 0 aliphatic carbocycles. The topological polar surface area (TPSA) is 88.8 Å². The molecule has 0 radical (unpaired) electrons. The zero-order valence-electron chi connectivity index (χ0n) is 10.2. The molecule has 1 saturated heterocycles. The number of rotatable bonds is 3. The highest BCUT2D eigenvalue weighted by Crippen LogP contribution is 2.17. The Balaban J connectivity index is 1.73. The van der Waals surface area contributed by atoms with E-state index in [0.717, 1.165) is 0 Å². The summed E-state index contributed by atoms with van der Waals surface area (Å²) < 4.78 is 6.70. The number of carbonyl (C=O) groups is 1. The van der Waals surface area contributed by atoms with Crippen molar-refractivity contribution in [3.63, 3.8) is 0 Å². The Kier molecular flexibility index (Phi) is 2.92. The molecule has 1 unspecified atom stereocenters. The number of fused-ring (bicyclic) bond motifs is 1. The van der Waals surface area contributed by atoms with Crippen LogP contribution in [0.2, 0.25) is 0 Å². The summed E-state index contributed by atoms with van der Waals surface area (Å²) in [6, 6.07) is 0. The fourth-order valence-corrected chi connectivity index (χ4v) is 2.09. The summed E-state index contributed by atoms with van der Waals surface area (Å²) in [5.41, 5.74) is 0.113. The van der Waals surface area contributed by atoms with Gasteiger partial charge in [-0.15, -0.1) is 0 Å². The Labute approximate surface area is 109 Å². The Morgan fingerprint density at radius 3 is 3.26 bits per heavy atom. The van der Waals surface area contributed by atoms with E-state index in [-0.39, 0.29) is 19.1 Å². The van der Waals surface area contributed by atoms with Crippen LogP contribution in [0.15, 0.2) is 24.8 Å². The minimum atomic E-state index is -0.961. The molecule has 3 rings (SSSR count). The van der Waals surface area contributed by atoms with E-state index in [1.54, 1.807) is 23.1 Å². The van der Waals surface area contributed by atoms with Gasteiger partial charge in [-0.1, -0.05) is 0 Å². The summed E-state index contributed by atoms with van der Waals surface area (Å²) in [6.07, 6.45) is 6.87. The molecule has 2 N–H and O–H groups in total. The second kappa shape index (κ2) is 4.60. The van der Waals surface area contributed by atoms with Crippen LogP contribution in [0.1, 0.15) is 16.8 Å². The number of carbonyl (C=O) groups excluding carboxylic acids is 1. The van der Waals surface area contributed by atoms with Crippen molar-refractivity contribution in [2.24, 2.45) is 0 Å². The van der Waals surface area contributed by atoms with Gasteiger partial charge >= 0.3 is 0 Å². The third kappa shape index (κ3) is 2.29.